The smallest absolute Gasteiger partial charge is 0.308 e. The molecule has 1 amide bonds. The summed E-state index contributed by atoms with van der Waals surface area (Å²) in [6, 6.07) is 2.25. The van der Waals surface area contributed by atoms with E-state index in [0.29, 0.717) is 25.4 Å². The number of hydrogen-bond donors (Lipinski definition) is 1. The quantitative estimate of drug-likeness (QED) is 0.643. The van der Waals surface area contributed by atoms with Gasteiger partial charge in [0, 0.05) is 24.3 Å². The number of nitrogens with one attached hydrogen (secondary N) is 1. The summed E-state index contributed by atoms with van der Waals surface area (Å²) in [5.41, 5.74) is 2.49. The van der Waals surface area contributed by atoms with E-state index in [4.69, 9.17) is 4.74 Å². The van der Waals surface area contributed by atoms with Crippen LogP contribution in [0.5, 0.6) is 0 Å². The Labute approximate surface area is 203 Å². The van der Waals surface area contributed by atoms with Crippen LogP contribution in [-0.2, 0) is 28.9 Å². The molecule has 1 unspecified atom stereocenters. The molecular weight excluding hydrogens is 430 g/mol. The van der Waals surface area contributed by atoms with Crippen LogP contribution in [0.2, 0.25) is 0 Å². The van der Waals surface area contributed by atoms with E-state index < -0.39 is 0 Å². The average Bonchev–Trinajstić information content (AvgIpc) is 3.28. The number of likely N-dealkylation sites (tertiary alicyclic amines) is 1. The molecule has 1 N–H and O–H groups in total. The van der Waals surface area contributed by atoms with Crippen molar-refractivity contribution in [1.29, 1.82) is 0 Å². The Bertz CT molecular complexity index is 933. The van der Waals surface area contributed by atoms with Gasteiger partial charge in [0.2, 0.25) is 0 Å². The van der Waals surface area contributed by atoms with Gasteiger partial charge in [-0.2, -0.15) is 0 Å². The molecule has 1 saturated carbocycles. The monoisotopic (exact) mass is 471 g/mol. The van der Waals surface area contributed by atoms with Crippen LogP contribution in [-0.4, -0.2) is 53.6 Å². The van der Waals surface area contributed by atoms with Crippen LogP contribution in [0.15, 0.2) is 10.9 Å². The normalized spacial score (nSPS) is 25.8. The van der Waals surface area contributed by atoms with Crippen LogP contribution >= 0.6 is 0 Å². The molecule has 34 heavy (non-hydrogen) atoms. The molecule has 7 heteroatoms. The molecule has 3 aliphatic rings. The molecule has 2 aliphatic carbocycles. The minimum atomic E-state index is -0.260. The summed E-state index contributed by atoms with van der Waals surface area (Å²) >= 11 is 0. The maximum Gasteiger partial charge on any atom is 0.308 e. The van der Waals surface area contributed by atoms with Gasteiger partial charge in [-0.3, -0.25) is 19.3 Å². The largest absolute Gasteiger partial charge is 0.469 e. The number of amides is 1. The first-order valence-corrected chi connectivity index (χ1v) is 13.4. The first kappa shape index (κ1) is 25.0. The number of rotatable bonds is 6. The van der Waals surface area contributed by atoms with E-state index in [9.17, 15) is 14.4 Å². The maximum absolute atomic E-state index is 13.7. The first-order valence-electron chi connectivity index (χ1n) is 13.4. The van der Waals surface area contributed by atoms with Gasteiger partial charge >= 0.3 is 5.97 Å². The zero-order valence-corrected chi connectivity index (χ0v) is 20.9. The number of fused-ring (bicyclic) bond motifs is 1. The number of aromatic nitrogens is 1. The van der Waals surface area contributed by atoms with Crippen LogP contribution in [0.1, 0.15) is 92.7 Å². The summed E-state index contributed by atoms with van der Waals surface area (Å²) < 4.78 is 6.83. The zero-order chi connectivity index (χ0) is 24.1. The highest BCUT2D eigenvalue weighted by atomic mass is 16.5. The molecule has 4 rings (SSSR count). The molecule has 1 aliphatic heterocycles. The van der Waals surface area contributed by atoms with Crippen molar-refractivity contribution in [2.45, 2.75) is 103 Å². The fraction of sp³-hybridized carbons (Fsp3) is 0.741. The summed E-state index contributed by atoms with van der Waals surface area (Å²) in [6.07, 6.45) is 11.6. The second-order valence-electron chi connectivity index (χ2n) is 10.3. The fourth-order valence-electron chi connectivity index (χ4n) is 6.22. The number of likely N-dealkylation sites (N-methyl/N-ethyl adjacent to an activating group) is 1. The molecule has 2 fully saturated rings. The lowest BCUT2D eigenvalue weighted by Crippen LogP contribution is -2.43. The number of hydrogen-bond acceptors (Lipinski definition) is 5. The van der Waals surface area contributed by atoms with E-state index in [0.717, 1.165) is 63.7 Å². The third-order valence-electron chi connectivity index (χ3n) is 8.24. The molecule has 2 heterocycles. The van der Waals surface area contributed by atoms with Crippen molar-refractivity contribution in [2.24, 2.45) is 5.92 Å². The maximum atomic E-state index is 13.7. The SMILES string of the molecule is CCN1CCCC1Cn1c2c(cc(C(=O)N[C@H]3CC[C@H](C(=O)OC)CC3)c1=O)CCCCCC2. The Balaban J connectivity index is 1.57. The Kier molecular flexibility index (Phi) is 8.46. The summed E-state index contributed by atoms with van der Waals surface area (Å²) in [7, 11) is 1.42. The minimum Gasteiger partial charge on any atom is -0.469 e. The van der Waals surface area contributed by atoms with Crippen LogP contribution in [0, 0.1) is 5.92 Å². The average molecular weight is 472 g/mol. The number of pyridine rings is 1. The Morgan fingerprint density at radius 2 is 1.76 bits per heavy atom. The Hall–Kier alpha value is -2.15. The Morgan fingerprint density at radius 3 is 2.47 bits per heavy atom. The van der Waals surface area contributed by atoms with Gasteiger partial charge in [-0.05, 0) is 88.9 Å². The Morgan fingerprint density at radius 1 is 1.03 bits per heavy atom. The van der Waals surface area contributed by atoms with Crippen molar-refractivity contribution >= 4 is 11.9 Å². The van der Waals surface area contributed by atoms with Crippen molar-refractivity contribution in [3.63, 3.8) is 0 Å². The van der Waals surface area contributed by atoms with Crippen molar-refractivity contribution in [1.82, 2.24) is 14.8 Å². The van der Waals surface area contributed by atoms with Crippen LogP contribution < -0.4 is 10.9 Å². The number of esters is 1. The standard InChI is InChI=1S/C27H41N3O4/c1-3-29-16-8-10-22(29)18-30-24-11-7-5-4-6-9-20(24)17-23(26(30)32)25(31)28-21-14-12-19(13-15-21)27(33)34-2/h17,19,21-22H,3-16,18H2,1-2H3,(H,28,31)/t19-,21-,22?. The highest BCUT2D eigenvalue weighted by molar-refractivity contribution is 5.94. The van der Waals surface area contributed by atoms with Gasteiger partial charge in [-0.15, -0.1) is 0 Å². The summed E-state index contributed by atoms with van der Waals surface area (Å²) in [6.45, 7) is 4.95. The van der Waals surface area contributed by atoms with Gasteiger partial charge in [-0.25, -0.2) is 0 Å². The third-order valence-corrected chi connectivity index (χ3v) is 8.24. The number of ether oxygens (including phenoxy) is 1. The van der Waals surface area contributed by atoms with E-state index in [2.05, 4.69) is 17.1 Å². The van der Waals surface area contributed by atoms with Gasteiger partial charge in [-0.1, -0.05) is 19.8 Å². The number of carbonyl (C=O) groups excluding carboxylic acids is 2. The predicted molar refractivity (Wildman–Crippen MR) is 132 cm³/mol. The highest BCUT2D eigenvalue weighted by Gasteiger charge is 2.30. The molecule has 1 saturated heterocycles. The number of nitrogens with zero attached hydrogens (tertiary/aromatic N) is 2. The molecular formula is C27H41N3O4. The van der Waals surface area contributed by atoms with Crippen molar-refractivity contribution in [2.75, 3.05) is 20.2 Å². The topological polar surface area (TPSA) is 80.6 Å². The summed E-state index contributed by atoms with van der Waals surface area (Å²) in [5, 5.41) is 3.11. The molecule has 188 valence electrons. The molecule has 0 spiro atoms. The van der Waals surface area contributed by atoms with Gasteiger partial charge < -0.3 is 14.6 Å². The predicted octanol–water partition coefficient (Wildman–Crippen LogP) is 3.45. The van der Waals surface area contributed by atoms with Gasteiger partial charge in [0.15, 0.2) is 0 Å². The second-order valence-corrected chi connectivity index (χ2v) is 10.3. The number of methoxy groups -OCH3 is 1. The van der Waals surface area contributed by atoms with E-state index in [1.165, 1.54) is 31.9 Å². The fourth-order valence-corrected chi connectivity index (χ4v) is 6.22. The molecule has 0 radical (unpaired) electrons. The number of carbonyl (C=O) groups is 2. The van der Waals surface area contributed by atoms with E-state index in [1.807, 2.05) is 10.6 Å². The van der Waals surface area contributed by atoms with Gasteiger partial charge in [0.1, 0.15) is 5.56 Å². The highest BCUT2D eigenvalue weighted by Crippen LogP contribution is 2.26. The lowest BCUT2D eigenvalue weighted by molar-refractivity contribution is -0.146. The molecule has 0 aromatic carbocycles. The van der Waals surface area contributed by atoms with Crippen LogP contribution in [0.4, 0.5) is 0 Å². The lowest BCUT2D eigenvalue weighted by Gasteiger charge is -2.29. The van der Waals surface area contributed by atoms with E-state index >= 15 is 0 Å². The van der Waals surface area contributed by atoms with E-state index in [-0.39, 0.29) is 35.0 Å². The van der Waals surface area contributed by atoms with Crippen molar-refractivity contribution in [3.8, 4) is 0 Å². The van der Waals surface area contributed by atoms with E-state index in [1.54, 1.807) is 0 Å². The summed E-state index contributed by atoms with van der Waals surface area (Å²) in [4.78, 5) is 41.3. The van der Waals surface area contributed by atoms with Crippen molar-refractivity contribution in [3.05, 3.63) is 33.2 Å². The molecule has 1 aromatic heterocycles. The lowest BCUT2D eigenvalue weighted by atomic mass is 9.86. The van der Waals surface area contributed by atoms with Crippen LogP contribution in [0.3, 0.4) is 0 Å². The molecule has 1 aromatic rings. The molecule has 0 bridgehead atoms. The van der Waals surface area contributed by atoms with Crippen molar-refractivity contribution < 1.29 is 14.3 Å². The molecule has 1 atom stereocenters. The molecule has 7 nitrogen and oxygen atoms in total. The number of aryl methyl sites for hydroxylation is 1. The third kappa shape index (κ3) is 5.56. The summed E-state index contributed by atoms with van der Waals surface area (Å²) in [5.74, 6) is -0.508. The zero-order valence-electron chi connectivity index (χ0n) is 20.9. The first-order chi connectivity index (χ1) is 16.5. The van der Waals surface area contributed by atoms with Gasteiger partial charge in [0.25, 0.3) is 11.5 Å². The van der Waals surface area contributed by atoms with Crippen LogP contribution in [0.25, 0.3) is 0 Å². The second kappa shape index (κ2) is 11.5. The minimum absolute atomic E-state index is 0.00585. The van der Waals surface area contributed by atoms with Gasteiger partial charge in [0.05, 0.1) is 13.0 Å².